The van der Waals surface area contributed by atoms with Crippen molar-refractivity contribution >= 4 is 23.5 Å². The molecule has 0 spiro atoms. The van der Waals surface area contributed by atoms with Crippen molar-refractivity contribution in [2.45, 2.75) is 17.6 Å². The molecule has 22 heavy (non-hydrogen) atoms. The lowest BCUT2D eigenvalue weighted by Gasteiger charge is -2.22. The summed E-state index contributed by atoms with van der Waals surface area (Å²) in [6, 6.07) is 16.5. The molecule has 0 aromatic heterocycles. The lowest BCUT2D eigenvalue weighted by Crippen LogP contribution is -2.02. The van der Waals surface area contributed by atoms with Gasteiger partial charge < -0.3 is 9.47 Å². The summed E-state index contributed by atoms with van der Waals surface area (Å²) >= 11 is 4.04. The van der Waals surface area contributed by atoms with E-state index < -0.39 is 0 Å². The molecule has 1 aliphatic heterocycles. The summed E-state index contributed by atoms with van der Waals surface area (Å²) in [6.07, 6.45) is 1.31. The standard InChI is InChI=1S/C18H20O2S2/c1-19-17-12-15(18-21-10-5-11-22-18)8-9-16(17)20-13-14-6-3-2-4-7-14/h2-4,6-9,12,18H,5,10-11,13H2,1H3. The molecular weight excluding hydrogens is 312 g/mol. The highest BCUT2D eigenvalue weighted by molar-refractivity contribution is 8.16. The Morgan fingerprint density at radius 1 is 1.00 bits per heavy atom. The Balaban J connectivity index is 1.71. The van der Waals surface area contributed by atoms with Crippen molar-refractivity contribution in [2.75, 3.05) is 18.6 Å². The second-order valence-electron chi connectivity index (χ2n) is 5.11. The van der Waals surface area contributed by atoms with Crippen LogP contribution < -0.4 is 9.47 Å². The minimum Gasteiger partial charge on any atom is -0.493 e. The first-order valence-corrected chi connectivity index (χ1v) is 9.54. The summed E-state index contributed by atoms with van der Waals surface area (Å²) in [4.78, 5) is 0. The van der Waals surface area contributed by atoms with E-state index in [9.17, 15) is 0 Å². The molecule has 0 unspecified atom stereocenters. The van der Waals surface area contributed by atoms with Gasteiger partial charge in [0, 0.05) is 0 Å². The average Bonchev–Trinajstić information content (AvgIpc) is 2.61. The Bertz CT molecular complexity index is 595. The van der Waals surface area contributed by atoms with Gasteiger partial charge in [-0.15, -0.1) is 23.5 Å². The van der Waals surface area contributed by atoms with Gasteiger partial charge in [-0.25, -0.2) is 0 Å². The number of rotatable bonds is 5. The molecule has 1 aliphatic rings. The van der Waals surface area contributed by atoms with Gasteiger partial charge >= 0.3 is 0 Å². The molecule has 0 atom stereocenters. The van der Waals surface area contributed by atoms with Crippen LogP contribution in [0.15, 0.2) is 48.5 Å². The van der Waals surface area contributed by atoms with Gasteiger partial charge in [-0.1, -0.05) is 36.4 Å². The quantitative estimate of drug-likeness (QED) is 0.754. The van der Waals surface area contributed by atoms with Crippen molar-refractivity contribution in [1.82, 2.24) is 0 Å². The molecule has 3 rings (SSSR count). The lowest BCUT2D eigenvalue weighted by molar-refractivity contribution is 0.284. The predicted octanol–water partition coefficient (Wildman–Crippen LogP) is 5.14. The zero-order chi connectivity index (χ0) is 15.2. The second kappa shape index (κ2) is 7.84. The number of hydrogen-bond acceptors (Lipinski definition) is 4. The largest absolute Gasteiger partial charge is 0.493 e. The Morgan fingerprint density at radius 2 is 1.77 bits per heavy atom. The van der Waals surface area contributed by atoms with Crippen LogP contribution in [0.1, 0.15) is 22.1 Å². The highest BCUT2D eigenvalue weighted by Crippen LogP contribution is 2.45. The topological polar surface area (TPSA) is 18.5 Å². The monoisotopic (exact) mass is 332 g/mol. The Morgan fingerprint density at radius 3 is 2.50 bits per heavy atom. The zero-order valence-corrected chi connectivity index (χ0v) is 14.3. The molecule has 1 fully saturated rings. The molecule has 0 saturated carbocycles. The number of thioether (sulfide) groups is 2. The van der Waals surface area contributed by atoms with Crippen LogP contribution in [0.2, 0.25) is 0 Å². The van der Waals surface area contributed by atoms with Gasteiger partial charge in [-0.05, 0) is 41.2 Å². The third-order valence-electron chi connectivity index (χ3n) is 3.52. The summed E-state index contributed by atoms with van der Waals surface area (Å²) in [5.74, 6) is 4.11. The summed E-state index contributed by atoms with van der Waals surface area (Å²) < 4.78 is 12.0. The maximum absolute atomic E-state index is 5.92. The van der Waals surface area contributed by atoms with Crippen LogP contribution in [0.3, 0.4) is 0 Å². The molecule has 2 nitrogen and oxygen atoms in total. The fourth-order valence-corrected chi connectivity index (χ4v) is 5.24. The van der Waals surface area contributed by atoms with Crippen LogP contribution in [0.25, 0.3) is 0 Å². The van der Waals surface area contributed by atoms with Crippen molar-refractivity contribution in [3.8, 4) is 11.5 Å². The van der Waals surface area contributed by atoms with E-state index in [4.69, 9.17) is 9.47 Å². The van der Waals surface area contributed by atoms with Gasteiger partial charge in [0.25, 0.3) is 0 Å². The van der Waals surface area contributed by atoms with Crippen LogP contribution in [0.5, 0.6) is 11.5 Å². The summed E-state index contributed by atoms with van der Waals surface area (Å²) in [7, 11) is 1.70. The van der Waals surface area contributed by atoms with Gasteiger partial charge in [0.1, 0.15) is 6.61 Å². The summed E-state index contributed by atoms with van der Waals surface area (Å²) in [5, 5.41) is 0. The Hall–Kier alpha value is -1.26. The molecular formula is C18H20O2S2. The smallest absolute Gasteiger partial charge is 0.161 e. The van der Waals surface area contributed by atoms with E-state index in [1.165, 1.54) is 23.5 Å². The normalized spacial score (nSPS) is 15.5. The van der Waals surface area contributed by atoms with Crippen molar-refractivity contribution in [1.29, 1.82) is 0 Å². The van der Waals surface area contributed by atoms with Gasteiger partial charge in [0.15, 0.2) is 11.5 Å². The number of hydrogen-bond donors (Lipinski definition) is 0. The van der Waals surface area contributed by atoms with Crippen LogP contribution in [-0.2, 0) is 6.61 Å². The predicted molar refractivity (Wildman–Crippen MR) is 96.0 cm³/mol. The fraction of sp³-hybridized carbons (Fsp3) is 0.333. The second-order valence-corrected chi connectivity index (χ2v) is 7.84. The van der Waals surface area contributed by atoms with Gasteiger partial charge in [-0.2, -0.15) is 0 Å². The van der Waals surface area contributed by atoms with E-state index in [0.717, 1.165) is 17.1 Å². The molecule has 0 aliphatic carbocycles. The molecule has 116 valence electrons. The van der Waals surface area contributed by atoms with Crippen molar-refractivity contribution in [2.24, 2.45) is 0 Å². The zero-order valence-electron chi connectivity index (χ0n) is 12.7. The highest BCUT2D eigenvalue weighted by atomic mass is 32.2. The van der Waals surface area contributed by atoms with Gasteiger partial charge in [0.05, 0.1) is 11.7 Å². The first-order valence-electron chi connectivity index (χ1n) is 7.44. The van der Waals surface area contributed by atoms with E-state index in [1.807, 2.05) is 47.8 Å². The maximum Gasteiger partial charge on any atom is 0.161 e. The van der Waals surface area contributed by atoms with E-state index in [-0.39, 0.29) is 0 Å². The minimum atomic E-state index is 0.519. The van der Waals surface area contributed by atoms with Gasteiger partial charge in [-0.3, -0.25) is 0 Å². The third kappa shape index (κ3) is 3.93. The number of methoxy groups -OCH3 is 1. The van der Waals surface area contributed by atoms with E-state index >= 15 is 0 Å². The molecule has 4 heteroatoms. The number of ether oxygens (including phenoxy) is 2. The summed E-state index contributed by atoms with van der Waals surface area (Å²) in [6.45, 7) is 0.559. The summed E-state index contributed by atoms with van der Waals surface area (Å²) in [5.41, 5.74) is 2.48. The molecule has 2 aromatic carbocycles. The molecule has 0 radical (unpaired) electrons. The van der Waals surface area contributed by atoms with Crippen LogP contribution in [-0.4, -0.2) is 18.6 Å². The molecule has 0 amide bonds. The van der Waals surface area contributed by atoms with Crippen molar-refractivity contribution in [3.63, 3.8) is 0 Å². The SMILES string of the molecule is COc1cc(C2SCCCS2)ccc1OCc1ccccc1. The maximum atomic E-state index is 5.92. The first-order chi connectivity index (χ1) is 10.9. The molecule has 0 bridgehead atoms. The Kier molecular flexibility index (Phi) is 5.57. The molecule has 2 aromatic rings. The van der Waals surface area contributed by atoms with Crippen LogP contribution in [0, 0.1) is 0 Å². The van der Waals surface area contributed by atoms with Crippen molar-refractivity contribution < 1.29 is 9.47 Å². The van der Waals surface area contributed by atoms with E-state index in [0.29, 0.717) is 11.2 Å². The minimum absolute atomic E-state index is 0.519. The average molecular weight is 332 g/mol. The highest BCUT2D eigenvalue weighted by Gasteiger charge is 2.18. The first kappa shape index (κ1) is 15.6. The fourth-order valence-electron chi connectivity index (χ4n) is 2.37. The van der Waals surface area contributed by atoms with E-state index in [2.05, 4.69) is 24.3 Å². The Labute approximate surface area is 140 Å². The lowest BCUT2D eigenvalue weighted by atomic mass is 10.2. The number of benzene rings is 2. The van der Waals surface area contributed by atoms with Gasteiger partial charge in [0.2, 0.25) is 0 Å². The third-order valence-corrected chi connectivity index (χ3v) is 6.54. The van der Waals surface area contributed by atoms with Crippen LogP contribution in [0.4, 0.5) is 0 Å². The molecule has 0 N–H and O–H groups in total. The molecule has 1 saturated heterocycles. The van der Waals surface area contributed by atoms with E-state index in [1.54, 1.807) is 7.11 Å². The molecule has 1 heterocycles. The van der Waals surface area contributed by atoms with Crippen LogP contribution >= 0.6 is 23.5 Å². The van der Waals surface area contributed by atoms with Crippen molar-refractivity contribution in [3.05, 3.63) is 59.7 Å².